The van der Waals surface area contributed by atoms with Crippen molar-refractivity contribution in [1.29, 1.82) is 0 Å². The zero-order valence-electron chi connectivity index (χ0n) is 15.8. The van der Waals surface area contributed by atoms with Crippen molar-refractivity contribution in [3.8, 4) is 0 Å². The number of nitrogens with zero attached hydrogens (tertiary/aromatic N) is 1. The highest BCUT2D eigenvalue weighted by atomic mass is 16.5. The van der Waals surface area contributed by atoms with Crippen LogP contribution in [0.2, 0.25) is 0 Å². The van der Waals surface area contributed by atoms with E-state index in [2.05, 4.69) is 5.32 Å². The molecule has 0 aliphatic heterocycles. The van der Waals surface area contributed by atoms with Crippen LogP contribution in [-0.4, -0.2) is 22.5 Å². The first kappa shape index (κ1) is 19.4. The fourth-order valence-electron chi connectivity index (χ4n) is 2.82. The maximum atomic E-state index is 12.1. The zero-order valence-corrected chi connectivity index (χ0v) is 15.8. The molecule has 0 atom stereocenters. The minimum absolute atomic E-state index is 0.168. The molecule has 146 valence electrons. The average Bonchev–Trinajstić information content (AvgIpc) is 2.97. The molecule has 7 nitrogen and oxygen atoms in total. The van der Waals surface area contributed by atoms with Gasteiger partial charge >= 0.3 is 11.7 Å². The van der Waals surface area contributed by atoms with Crippen LogP contribution in [0.25, 0.3) is 11.1 Å². The van der Waals surface area contributed by atoms with Gasteiger partial charge in [0.2, 0.25) is 5.91 Å². The summed E-state index contributed by atoms with van der Waals surface area (Å²) in [5, 5.41) is 2.78. The molecule has 1 N–H and O–H groups in total. The molecule has 0 spiro atoms. The summed E-state index contributed by atoms with van der Waals surface area (Å²) >= 11 is 0. The number of aromatic nitrogens is 1. The number of aryl methyl sites for hydroxylation is 1. The van der Waals surface area contributed by atoms with Crippen molar-refractivity contribution >= 4 is 28.7 Å². The van der Waals surface area contributed by atoms with Gasteiger partial charge in [0.05, 0.1) is 17.2 Å². The van der Waals surface area contributed by atoms with Crippen molar-refractivity contribution in [1.82, 2.24) is 4.57 Å². The average molecular weight is 382 g/mol. The monoisotopic (exact) mass is 382 g/mol. The molecule has 1 amide bonds. The van der Waals surface area contributed by atoms with Crippen LogP contribution in [-0.2, 0) is 16.1 Å². The van der Waals surface area contributed by atoms with Gasteiger partial charge in [0.25, 0.3) is 0 Å². The third kappa shape index (κ3) is 4.68. The van der Waals surface area contributed by atoms with Crippen LogP contribution in [0, 0.1) is 0 Å². The first-order valence-electron chi connectivity index (χ1n) is 9.13. The predicted molar refractivity (Wildman–Crippen MR) is 105 cm³/mol. The van der Waals surface area contributed by atoms with Crippen molar-refractivity contribution in [2.45, 2.75) is 39.3 Å². The number of rotatable bonds is 7. The standard InChI is InChI=1S/C21H22N2O5/c1-14(2)27-20(25)15-9-11-16(12-10-15)22-19(24)8-5-13-23-17-6-3-4-7-18(17)28-21(23)26/h3-4,6-7,9-12,14H,5,8,13H2,1-2H3,(H,22,24). The Morgan fingerprint density at radius 1 is 1.11 bits per heavy atom. The number of carbonyl (C=O) groups excluding carboxylic acids is 2. The summed E-state index contributed by atoms with van der Waals surface area (Å²) in [4.78, 5) is 35.9. The number of para-hydroxylation sites is 2. The van der Waals surface area contributed by atoms with Gasteiger partial charge in [-0.15, -0.1) is 0 Å². The first-order valence-corrected chi connectivity index (χ1v) is 9.13. The lowest BCUT2D eigenvalue weighted by molar-refractivity contribution is -0.116. The number of ether oxygens (including phenoxy) is 1. The molecule has 7 heteroatoms. The Bertz CT molecular complexity index is 1030. The summed E-state index contributed by atoms with van der Waals surface area (Å²) in [5.74, 6) is -0.991. The number of amides is 1. The van der Waals surface area contributed by atoms with E-state index in [1.807, 2.05) is 12.1 Å². The normalized spacial score (nSPS) is 11.0. The molecular formula is C21H22N2O5. The van der Waals surface area contributed by atoms with E-state index in [-0.39, 0.29) is 18.4 Å². The maximum Gasteiger partial charge on any atom is 0.419 e. The van der Waals surface area contributed by atoms with E-state index < -0.39 is 11.7 Å². The summed E-state index contributed by atoms with van der Waals surface area (Å²) in [7, 11) is 0. The van der Waals surface area contributed by atoms with Crippen molar-refractivity contribution in [3.63, 3.8) is 0 Å². The first-order chi connectivity index (χ1) is 13.4. The number of benzene rings is 2. The third-order valence-electron chi connectivity index (χ3n) is 4.11. The molecule has 0 radical (unpaired) electrons. The molecule has 1 heterocycles. The van der Waals surface area contributed by atoms with E-state index in [9.17, 15) is 14.4 Å². The van der Waals surface area contributed by atoms with Gasteiger partial charge in [-0.1, -0.05) is 12.1 Å². The van der Waals surface area contributed by atoms with Crippen molar-refractivity contribution in [3.05, 3.63) is 64.6 Å². The summed E-state index contributed by atoms with van der Waals surface area (Å²) in [5.41, 5.74) is 2.28. The maximum absolute atomic E-state index is 12.1. The van der Waals surface area contributed by atoms with Crippen LogP contribution in [0.1, 0.15) is 37.0 Å². The molecular weight excluding hydrogens is 360 g/mol. The lowest BCUT2D eigenvalue weighted by Crippen LogP contribution is -2.17. The van der Waals surface area contributed by atoms with Gasteiger partial charge in [-0.3, -0.25) is 9.36 Å². The summed E-state index contributed by atoms with van der Waals surface area (Å²) in [6.07, 6.45) is 0.559. The highest BCUT2D eigenvalue weighted by Gasteiger charge is 2.11. The molecule has 2 aromatic carbocycles. The number of fused-ring (bicyclic) bond motifs is 1. The Kier molecular flexibility index (Phi) is 5.93. The lowest BCUT2D eigenvalue weighted by Gasteiger charge is -2.09. The number of esters is 1. The van der Waals surface area contributed by atoms with Crippen LogP contribution in [0.5, 0.6) is 0 Å². The Balaban J connectivity index is 1.52. The molecule has 1 aromatic heterocycles. The van der Waals surface area contributed by atoms with Gasteiger partial charge in [0.15, 0.2) is 5.58 Å². The highest BCUT2D eigenvalue weighted by Crippen LogP contribution is 2.14. The number of nitrogens with one attached hydrogen (secondary N) is 1. The molecule has 0 saturated heterocycles. The van der Waals surface area contributed by atoms with Crippen LogP contribution in [0.3, 0.4) is 0 Å². The van der Waals surface area contributed by atoms with Crippen LogP contribution >= 0.6 is 0 Å². The number of hydrogen-bond acceptors (Lipinski definition) is 5. The van der Waals surface area contributed by atoms with Gasteiger partial charge in [-0.25, -0.2) is 9.59 Å². The van der Waals surface area contributed by atoms with Crippen LogP contribution in [0.15, 0.2) is 57.7 Å². The van der Waals surface area contributed by atoms with Gasteiger partial charge in [0.1, 0.15) is 0 Å². The third-order valence-corrected chi connectivity index (χ3v) is 4.11. The second-order valence-electron chi connectivity index (χ2n) is 6.67. The minimum atomic E-state index is -0.425. The lowest BCUT2D eigenvalue weighted by atomic mass is 10.2. The van der Waals surface area contributed by atoms with Crippen molar-refractivity contribution < 1.29 is 18.7 Å². The Morgan fingerprint density at radius 3 is 2.54 bits per heavy atom. The fourth-order valence-corrected chi connectivity index (χ4v) is 2.82. The molecule has 0 aliphatic carbocycles. The van der Waals surface area contributed by atoms with E-state index in [1.165, 1.54) is 4.57 Å². The second-order valence-corrected chi connectivity index (χ2v) is 6.67. The number of oxazole rings is 1. The van der Waals surface area contributed by atoms with E-state index >= 15 is 0 Å². The van der Waals surface area contributed by atoms with Crippen LogP contribution in [0.4, 0.5) is 5.69 Å². The number of anilines is 1. The minimum Gasteiger partial charge on any atom is -0.459 e. The Hall–Kier alpha value is -3.35. The SMILES string of the molecule is CC(C)OC(=O)c1ccc(NC(=O)CCCn2c(=O)oc3ccccc32)cc1. The van der Waals surface area contributed by atoms with E-state index in [1.54, 1.807) is 50.2 Å². The van der Waals surface area contributed by atoms with Gasteiger partial charge in [-0.05, 0) is 56.7 Å². The zero-order chi connectivity index (χ0) is 20.1. The smallest absolute Gasteiger partial charge is 0.419 e. The van der Waals surface area contributed by atoms with E-state index in [4.69, 9.17) is 9.15 Å². The predicted octanol–water partition coefficient (Wildman–Crippen LogP) is 3.58. The summed E-state index contributed by atoms with van der Waals surface area (Å²) in [6, 6.07) is 13.7. The van der Waals surface area contributed by atoms with Crippen molar-refractivity contribution in [2.24, 2.45) is 0 Å². The number of hydrogen-bond donors (Lipinski definition) is 1. The van der Waals surface area contributed by atoms with Crippen LogP contribution < -0.4 is 11.1 Å². The summed E-state index contributed by atoms with van der Waals surface area (Å²) in [6.45, 7) is 3.96. The quantitative estimate of drug-likeness (QED) is 0.631. The van der Waals surface area contributed by atoms with Gasteiger partial charge < -0.3 is 14.5 Å². The van der Waals surface area contributed by atoms with E-state index in [0.29, 0.717) is 29.8 Å². The summed E-state index contributed by atoms with van der Waals surface area (Å²) < 4.78 is 11.8. The second kappa shape index (κ2) is 8.56. The highest BCUT2D eigenvalue weighted by molar-refractivity contribution is 5.93. The fraction of sp³-hybridized carbons (Fsp3) is 0.286. The topological polar surface area (TPSA) is 90.5 Å². The van der Waals surface area contributed by atoms with Gasteiger partial charge in [-0.2, -0.15) is 0 Å². The molecule has 0 aliphatic rings. The Labute approximate surface area is 161 Å². The largest absolute Gasteiger partial charge is 0.459 e. The molecule has 0 unspecified atom stereocenters. The molecule has 0 saturated carbocycles. The molecule has 0 fully saturated rings. The van der Waals surface area contributed by atoms with E-state index in [0.717, 1.165) is 5.52 Å². The van der Waals surface area contributed by atoms with Gasteiger partial charge in [0, 0.05) is 18.7 Å². The Morgan fingerprint density at radius 2 is 1.82 bits per heavy atom. The molecule has 28 heavy (non-hydrogen) atoms. The van der Waals surface area contributed by atoms with Crippen molar-refractivity contribution in [2.75, 3.05) is 5.32 Å². The molecule has 0 bridgehead atoms. The molecule has 3 aromatic rings. The molecule has 3 rings (SSSR count). The number of carbonyl (C=O) groups is 2.